The van der Waals surface area contributed by atoms with Crippen molar-refractivity contribution < 1.29 is 9.53 Å². The van der Waals surface area contributed by atoms with E-state index in [0.717, 1.165) is 58.1 Å². The summed E-state index contributed by atoms with van der Waals surface area (Å²) >= 11 is 1.80. The van der Waals surface area contributed by atoms with E-state index in [2.05, 4.69) is 44.3 Å². The quantitative estimate of drug-likeness (QED) is 0.214. The molecule has 0 aromatic carbocycles. The molecular weight excluding hydrogens is 451 g/mol. The average molecular weight is 480 g/mol. The summed E-state index contributed by atoms with van der Waals surface area (Å²) in [5.41, 5.74) is 0. The van der Waals surface area contributed by atoms with Gasteiger partial charge in [0.25, 0.3) is 0 Å². The van der Waals surface area contributed by atoms with Gasteiger partial charge in [-0.15, -0.1) is 35.3 Å². The number of guanidine groups is 1. The molecule has 1 N–H and O–H groups in total. The number of anilines is 1. The van der Waals surface area contributed by atoms with Crippen LogP contribution in [0.1, 0.15) is 26.2 Å². The van der Waals surface area contributed by atoms with Crippen LogP contribution in [0, 0.1) is 0 Å². The summed E-state index contributed by atoms with van der Waals surface area (Å²) in [4.78, 5) is 20.6. The van der Waals surface area contributed by atoms with Crippen molar-refractivity contribution in [3.8, 4) is 0 Å². The van der Waals surface area contributed by atoms with Crippen molar-refractivity contribution in [2.24, 2.45) is 4.99 Å². The lowest BCUT2D eigenvalue weighted by atomic mass is 10.2. The minimum absolute atomic E-state index is 0. The molecular formula is C17H29IN4O2S. The molecule has 1 aliphatic heterocycles. The van der Waals surface area contributed by atoms with Crippen molar-refractivity contribution in [1.82, 2.24) is 10.2 Å². The second-order valence-corrected chi connectivity index (χ2v) is 6.62. The standard InChI is InChI=1S/C17H28N4O2S.HI/c1-3-18-17(19-9-5-4-8-16(22)23-2)21-12-10-20(11-13-21)15-7-6-14-24-15;/h6-7,14H,3-5,8-13H2,1-2H3,(H,18,19);1H. The molecule has 1 aromatic heterocycles. The number of hydrogen-bond acceptors (Lipinski definition) is 5. The third-order valence-electron chi connectivity index (χ3n) is 4.01. The number of methoxy groups -OCH3 is 1. The average Bonchev–Trinajstić information content (AvgIpc) is 3.15. The lowest BCUT2D eigenvalue weighted by molar-refractivity contribution is -0.140. The Hall–Kier alpha value is -1.03. The van der Waals surface area contributed by atoms with E-state index in [1.807, 2.05) is 0 Å². The first-order valence-corrected chi connectivity index (χ1v) is 9.51. The number of carbonyl (C=O) groups is 1. The Bertz CT molecular complexity index is 517. The van der Waals surface area contributed by atoms with Crippen molar-refractivity contribution in [3.63, 3.8) is 0 Å². The molecule has 25 heavy (non-hydrogen) atoms. The zero-order valence-electron chi connectivity index (χ0n) is 15.1. The highest BCUT2D eigenvalue weighted by atomic mass is 127. The monoisotopic (exact) mass is 480 g/mol. The third-order valence-corrected chi connectivity index (χ3v) is 4.94. The lowest BCUT2D eigenvalue weighted by Gasteiger charge is -2.37. The molecule has 0 unspecified atom stereocenters. The smallest absolute Gasteiger partial charge is 0.305 e. The summed E-state index contributed by atoms with van der Waals surface area (Å²) in [5.74, 6) is 0.844. The Morgan fingerprint density at radius 2 is 2.08 bits per heavy atom. The van der Waals surface area contributed by atoms with Gasteiger partial charge in [-0.25, -0.2) is 0 Å². The van der Waals surface area contributed by atoms with Crippen molar-refractivity contribution in [3.05, 3.63) is 17.5 Å². The first-order chi connectivity index (χ1) is 11.7. The van der Waals surface area contributed by atoms with Crippen LogP contribution < -0.4 is 10.2 Å². The van der Waals surface area contributed by atoms with Gasteiger partial charge < -0.3 is 19.9 Å². The molecule has 0 spiro atoms. The van der Waals surface area contributed by atoms with Crippen LogP contribution in [0.4, 0.5) is 5.00 Å². The van der Waals surface area contributed by atoms with E-state index >= 15 is 0 Å². The van der Waals surface area contributed by atoms with Crippen LogP contribution in [-0.4, -0.2) is 63.2 Å². The summed E-state index contributed by atoms with van der Waals surface area (Å²) in [5, 5.41) is 6.85. The lowest BCUT2D eigenvalue weighted by Crippen LogP contribution is -2.52. The van der Waals surface area contributed by atoms with E-state index in [1.165, 1.54) is 12.1 Å². The number of ether oxygens (including phenoxy) is 1. The van der Waals surface area contributed by atoms with Gasteiger partial charge in [-0.3, -0.25) is 9.79 Å². The highest BCUT2D eigenvalue weighted by Gasteiger charge is 2.20. The van der Waals surface area contributed by atoms with Gasteiger partial charge in [-0.05, 0) is 37.3 Å². The molecule has 8 heteroatoms. The summed E-state index contributed by atoms with van der Waals surface area (Å²) < 4.78 is 4.65. The van der Waals surface area contributed by atoms with E-state index in [9.17, 15) is 4.79 Å². The molecule has 6 nitrogen and oxygen atoms in total. The zero-order chi connectivity index (χ0) is 17.2. The highest BCUT2D eigenvalue weighted by molar-refractivity contribution is 14.0. The van der Waals surface area contributed by atoms with Gasteiger partial charge in [-0.1, -0.05) is 0 Å². The fraction of sp³-hybridized carbons (Fsp3) is 0.647. The fourth-order valence-electron chi connectivity index (χ4n) is 2.68. The molecule has 0 amide bonds. The molecule has 0 atom stereocenters. The number of esters is 1. The highest BCUT2D eigenvalue weighted by Crippen LogP contribution is 2.22. The molecule has 1 aromatic rings. The maximum Gasteiger partial charge on any atom is 0.305 e. The molecule has 0 radical (unpaired) electrons. The van der Waals surface area contributed by atoms with Crippen LogP contribution in [0.25, 0.3) is 0 Å². The maximum absolute atomic E-state index is 11.1. The Labute approximate surface area is 171 Å². The summed E-state index contributed by atoms with van der Waals surface area (Å²) in [7, 11) is 1.43. The predicted octanol–water partition coefficient (Wildman–Crippen LogP) is 2.80. The van der Waals surface area contributed by atoms with Crippen LogP contribution in [0.5, 0.6) is 0 Å². The topological polar surface area (TPSA) is 57.2 Å². The Morgan fingerprint density at radius 1 is 1.32 bits per heavy atom. The number of unbranched alkanes of at least 4 members (excludes halogenated alkanes) is 1. The number of piperazine rings is 1. The Kier molecular flexibility index (Phi) is 10.9. The number of nitrogens with one attached hydrogen (secondary N) is 1. The largest absolute Gasteiger partial charge is 0.469 e. The van der Waals surface area contributed by atoms with E-state index in [4.69, 9.17) is 4.99 Å². The number of aliphatic imine (C=N–C) groups is 1. The van der Waals surface area contributed by atoms with Crippen LogP contribution in [0.3, 0.4) is 0 Å². The summed E-state index contributed by atoms with van der Waals surface area (Å²) in [6.45, 7) is 7.70. The van der Waals surface area contributed by atoms with Gasteiger partial charge in [0.05, 0.1) is 12.1 Å². The molecule has 2 heterocycles. The third kappa shape index (κ3) is 7.39. The first-order valence-electron chi connectivity index (χ1n) is 8.63. The fourth-order valence-corrected chi connectivity index (χ4v) is 3.47. The molecule has 1 fully saturated rings. The van der Waals surface area contributed by atoms with Gasteiger partial charge >= 0.3 is 5.97 Å². The minimum atomic E-state index is -0.143. The van der Waals surface area contributed by atoms with Crippen LogP contribution in [0.2, 0.25) is 0 Å². The van der Waals surface area contributed by atoms with Crippen LogP contribution in [0.15, 0.2) is 22.5 Å². The van der Waals surface area contributed by atoms with Gasteiger partial charge in [0, 0.05) is 45.7 Å². The van der Waals surface area contributed by atoms with Crippen molar-refractivity contribution in [2.75, 3.05) is 51.3 Å². The normalized spacial score (nSPS) is 14.9. The summed E-state index contributed by atoms with van der Waals surface area (Å²) in [6.07, 6.45) is 2.20. The SMILES string of the molecule is CCNC(=NCCCCC(=O)OC)N1CCN(c2cccs2)CC1.I. The number of carbonyl (C=O) groups excluding carboxylic acids is 1. The first kappa shape index (κ1) is 22.0. The second-order valence-electron chi connectivity index (χ2n) is 5.69. The van der Waals surface area contributed by atoms with E-state index in [-0.39, 0.29) is 29.9 Å². The maximum atomic E-state index is 11.1. The van der Waals surface area contributed by atoms with Crippen molar-refractivity contribution in [1.29, 1.82) is 0 Å². The molecule has 0 aliphatic carbocycles. The van der Waals surface area contributed by atoms with Gasteiger partial charge in [0.2, 0.25) is 0 Å². The van der Waals surface area contributed by atoms with Crippen LogP contribution >= 0.6 is 35.3 Å². The molecule has 0 saturated carbocycles. The Morgan fingerprint density at radius 3 is 2.68 bits per heavy atom. The number of thiophene rings is 1. The minimum Gasteiger partial charge on any atom is -0.469 e. The van der Waals surface area contributed by atoms with E-state index in [0.29, 0.717) is 6.42 Å². The molecule has 2 rings (SSSR count). The predicted molar refractivity (Wildman–Crippen MR) is 115 cm³/mol. The Balaban J connectivity index is 0.00000312. The van der Waals surface area contributed by atoms with Gasteiger partial charge in [-0.2, -0.15) is 0 Å². The number of rotatable bonds is 7. The van der Waals surface area contributed by atoms with Gasteiger partial charge in [0.1, 0.15) is 0 Å². The van der Waals surface area contributed by atoms with Crippen LogP contribution in [-0.2, 0) is 9.53 Å². The molecule has 1 saturated heterocycles. The molecule has 142 valence electrons. The number of hydrogen-bond donors (Lipinski definition) is 1. The number of halogens is 1. The van der Waals surface area contributed by atoms with Crippen molar-refractivity contribution >= 4 is 52.2 Å². The molecule has 0 bridgehead atoms. The number of nitrogens with zero attached hydrogens (tertiary/aromatic N) is 3. The second kappa shape index (κ2) is 12.3. The summed E-state index contributed by atoms with van der Waals surface area (Å²) in [6, 6.07) is 4.28. The van der Waals surface area contributed by atoms with Gasteiger partial charge in [0.15, 0.2) is 5.96 Å². The van der Waals surface area contributed by atoms with E-state index < -0.39 is 0 Å². The van der Waals surface area contributed by atoms with E-state index in [1.54, 1.807) is 11.3 Å². The molecule has 1 aliphatic rings. The zero-order valence-corrected chi connectivity index (χ0v) is 18.2. The van der Waals surface area contributed by atoms with Crippen molar-refractivity contribution in [2.45, 2.75) is 26.2 Å².